The third-order valence-corrected chi connectivity index (χ3v) is 6.00. The van der Waals surface area contributed by atoms with E-state index >= 15 is 0 Å². The molecule has 1 spiro atoms. The summed E-state index contributed by atoms with van der Waals surface area (Å²) in [5, 5.41) is 0. The molecule has 0 bridgehead atoms. The first kappa shape index (κ1) is 16.5. The Kier molecular flexibility index (Phi) is 4.20. The normalized spacial score (nSPS) is 34.2. The summed E-state index contributed by atoms with van der Waals surface area (Å²) < 4.78 is 32.5. The summed E-state index contributed by atoms with van der Waals surface area (Å²) in [4.78, 5) is 0. The van der Waals surface area contributed by atoms with Crippen LogP contribution in [0.1, 0.15) is 72.6 Å². The molecular formula is C17H28BFO3. The van der Waals surface area contributed by atoms with Crippen LogP contribution in [0.2, 0.25) is 0 Å². The van der Waals surface area contributed by atoms with Crippen LogP contribution in [0, 0.1) is 0 Å². The summed E-state index contributed by atoms with van der Waals surface area (Å²) in [6.45, 7) is 8.68. The fourth-order valence-electron chi connectivity index (χ4n) is 3.66. The maximum atomic E-state index is 14.8. The average Bonchev–Trinajstić information content (AvgIpc) is 2.68. The van der Waals surface area contributed by atoms with Crippen molar-refractivity contribution < 1.29 is 18.4 Å². The molecule has 1 aliphatic carbocycles. The standard InChI is InChI=1S/C17H28BFO3/c1-15(2)16(3,4)22-18(21-15)14(19)13-7-10-17(11-8-13)9-5-6-12-20-17/h5-12H2,1-4H3. The molecule has 22 heavy (non-hydrogen) atoms. The van der Waals surface area contributed by atoms with Crippen LogP contribution >= 0.6 is 0 Å². The van der Waals surface area contributed by atoms with E-state index in [9.17, 15) is 4.39 Å². The molecule has 3 rings (SSSR count). The maximum Gasteiger partial charge on any atom is 0.525 e. The largest absolute Gasteiger partial charge is 0.525 e. The second-order valence-electron chi connectivity index (χ2n) is 8.03. The molecule has 3 aliphatic rings. The molecule has 0 amide bonds. The van der Waals surface area contributed by atoms with E-state index in [0.717, 1.165) is 50.7 Å². The van der Waals surface area contributed by atoms with E-state index in [2.05, 4.69) is 0 Å². The van der Waals surface area contributed by atoms with Gasteiger partial charge in [0.1, 0.15) is 5.73 Å². The van der Waals surface area contributed by atoms with Crippen molar-refractivity contribution in [1.29, 1.82) is 0 Å². The zero-order chi connectivity index (χ0) is 16.0. The Bertz CT molecular complexity index is 439. The van der Waals surface area contributed by atoms with Crippen molar-refractivity contribution in [2.75, 3.05) is 6.61 Å². The first-order valence-electron chi connectivity index (χ1n) is 8.62. The Labute approximate surface area is 133 Å². The smallest absolute Gasteiger partial charge is 0.398 e. The van der Waals surface area contributed by atoms with Crippen LogP contribution in [0.25, 0.3) is 0 Å². The number of allylic oxidation sites excluding steroid dienone is 1. The van der Waals surface area contributed by atoms with Gasteiger partial charge in [0.05, 0.1) is 16.8 Å². The third kappa shape index (κ3) is 2.88. The first-order chi connectivity index (χ1) is 10.2. The zero-order valence-corrected chi connectivity index (χ0v) is 14.3. The molecule has 2 saturated heterocycles. The predicted octanol–water partition coefficient (Wildman–Crippen LogP) is 4.35. The van der Waals surface area contributed by atoms with E-state index in [1.165, 1.54) is 6.42 Å². The van der Waals surface area contributed by atoms with Gasteiger partial charge in [0.15, 0.2) is 0 Å². The molecule has 5 heteroatoms. The molecule has 0 aromatic carbocycles. The van der Waals surface area contributed by atoms with Crippen molar-refractivity contribution in [2.24, 2.45) is 0 Å². The lowest BCUT2D eigenvalue weighted by atomic mass is 9.73. The molecule has 1 saturated carbocycles. The topological polar surface area (TPSA) is 27.7 Å². The molecule has 2 heterocycles. The molecule has 3 nitrogen and oxygen atoms in total. The van der Waals surface area contributed by atoms with Gasteiger partial charge in [-0.25, -0.2) is 4.39 Å². The fraction of sp³-hybridized carbons (Fsp3) is 0.882. The van der Waals surface area contributed by atoms with Gasteiger partial charge in [-0.05, 0) is 78.2 Å². The second-order valence-corrected chi connectivity index (χ2v) is 8.03. The van der Waals surface area contributed by atoms with Gasteiger partial charge in [-0.3, -0.25) is 0 Å². The minimum atomic E-state index is -0.846. The number of halogens is 1. The van der Waals surface area contributed by atoms with E-state index in [0.29, 0.717) is 0 Å². The van der Waals surface area contributed by atoms with E-state index in [-0.39, 0.29) is 11.3 Å². The summed E-state index contributed by atoms with van der Waals surface area (Å²) in [5.41, 5.74) is -0.309. The Morgan fingerprint density at radius 2 is 1.55 bits per heavy atom. The number of ether oxygens (including phenoxy) is 1. The highest BCUT2D eigenvalue weighted by Crippen LogP contribution is 2.44. The van der Waals surface area contributed by atoms with Gasteiger partial charge in [-0.15, -0.1) is 0 Å². The van der Waals surface area contributed by atoms with Gasteiger partial charge in [0, 0.05) is 6.61 Å². The quantitative estimate of drug-likeness (QED) is 0.674. The third-order valence-electron chi connectivity index (χ3n) is 6.00. The SMILES string of the molecule is CC1(C)OB(C(F)=C2CCC3(CCCCO3)CC2)OC1(C)C. The molecule has 0 aromatic rings. The summed E-state index contributed by atoms with van der Waals surface area (Å²) >= 11 is 0. The Balaban J connectivity index is 1.68. The molecule has 0 N–H and O–H groups in total. The van der Waals surface area contributed by atoms with Crippen LogP contribution in [0.15, 0.2) is 11.3 Å². The minimum absolute atomic E-state index is 0.0119. The van der Waals surface area contributed by atoms with Crippen molar-refractivity contribution in [3.63, 3.8) is 0 Å². The van der Waals surface area contributed by atoms with Crippen molar-refractivity contribution in [2.45, 2.75) is 89.4 Å². The van der Waals surface area contributed by atoms with Gasteiger partial charge < -0.3 is 14.0 Å². The lowest BCUT2D eigenvalue weighted by molar-refractivity contribution is -0.0940. The lowest BCUT2D eigenvalue weighted by Crippen LogP contribution is -2.41. The molecule has 0 atom stereocenters. The van der Waals surface area contributed by atoms with Crippen LogP contribution in [-0.2, 0) is 14.0 Å². The summed E-state index contributed by atoms with van der Waals surface area (Å²) in [5.74, 6) is 0. The number of hydrogen-bond donors (Lipinski definition) is 0. The van der Waals surface area contributed by atoms with Crippen molar-refractivity contribution >= 4 is 7.12 Å². The number of rotatable bonds is 1. The fourth-order valence-corrected chi connectivity index (χ4v) is 3.66. The lowest BCUT2D eigenvalue weighted by Gasteiger charge is -2.41. The van der Waals surface area contributed by atoms with Gasteiger partial charge in [0.2, 0.25) is 0 Å². The average molecular weight is 310 g/mol. The predicted molar refractivity (Wildman–Crippen MR) is 85.2 cm³/mol. The zero-order valence-electron chi connectivity index (χ0n) is 14.3. The highest BCUT2D eigenvalue weighted by atomic mass is 19.1. The molecule has 0 radical (unpaired) electrons. The van der Waals surface area contributed by atoms with E-state index in [4.69, 9.17) is 14.0 Å². The van der Waals surface area contributed by atoms with Crippen molar-refractivity contribution in [1.82, 2.24) is 0 Å². The van der Waals surface area contributed by atoms with Crippen molar-refractivity contribution in [3.05, 3.63) is 11.3 Å². The van der Waals surface area contributed by atoms with Gasteiger partial charge in [-0.2, -0.15) is 0 Å². The van der Waals surface area contributed by atoms with E-state index in [1.807, 2.05) is 27.7 Å². The van der Waals surface area contributed by atoms with Crippen LogP contribution in [0.5, 0.6) is 0 Å². The molecule has 0 unspecified atom stereocenters. The van der Waals surface area contributed by atoms with Crippen LogP contribution in [0.3, 0.4) is 0 Å². The van der Waals surface area contributed by atoms with E-state index in [1.54, 1.807) is 0 Å². The Hall–Kier alpha value is -0.385. The van der Waals surface area contributed by atoms with Gasteiger partial charge in [0.25, 0.3) is 0 Å². The van der Waals surface area contributed by atoms with Gasteiger partial charge in [-0.1, -0.05) is 0 Å². The summed E-state index contributed by atoms with van der Waals surface area (Å²) in [6.07, 6.45) is 6.89. The Morgan fingerprint density at radius 1 is 0.955 bits per heavy atom. The van der Waals surface area contributed by atoms with E-state index < -0.39 is 18.3 Å². The van der Waals surface area contributed by atoms with Crippen LogP contribution < -0.4 is 0 Å². The Morgan fingerprint density at radius 3 is 2.05 bits per heavy atom. The van der Waals surface area contributed by atoms with Crippen LogP contribution in [0.4, 0.5) is 4.39 Å². The molecular weight excluding hydrogens is 282 g/mol. The molecule has 2 aliphatic heterocycles. The highest BCUT2D eigenvalue weighted by molar-refractivity contribution is 6.53. The molecule has 0 aromatic heterocycles. The number of hydrogen-bond acceptors (Lipinski definition) is 3. The maximum absolute atomic E-state index is 14.8. The minimum Gasteiger partial charge on any atom is -0.398 e. The van der Waals surface area contributed by atoms with Crippen LogP contribution in [-0.4, -0.2) is 30.5 Å². The van der Waals surface area contributed by atoms with Crippen molar-refractivity contribution in [3.8, 4) is 0 Å². The summed E-state index contributed by atoms with van der Waals surface area (Å²) in [7, 11) is -0.846. The molecule has 3 fully saturated rings. The summed E-state index contributed by atoms with van der Waals surface area (Å²) in [6, 6.07) is 0. The second kappa shape index (κ2) is 5.61. The monoisotopic (exact) mass is 310 g/mol. The molecule has 124 valence electrons. The highest BCUT2D eigenvalue weighted by Gasteiger charge is 2.53. The van der Waals surface area contributed by atoms with Gasteiger partial charge >= 0.3 is 7.12 Å². The first-order valence-corrected chi connectivity index (χ1v) is 8.62.